The summed E-state index contributed by atoms with van der Waals surface area (Å²) in [6.07, 6.45) is 6.37. The Labute approximate surface area is 111 Å². The summed E-state index contributed by atoms with van der Waals surface area (Å²) in [5, 5.41) is 12.7. The third-order valence-corrected chi connectivity index (χ3v) is 3.37. The predicted molar refractivity (Wildman–Crippen MR) is 74.8 cm³/mol. The van der Waals surface area contributed by atoms with Gasteiger partial charge in [0.2, 0.25) is 0 Å². The second-order valence-corrected chi connectivity index (χ2v) is 4.58. The highest BCUT2D eigenvalue weighted by Crippen LogP contribution is 2.29. The highest BCUT2D eigenvalue weighted by molar-refractivity contribution is 5.85. The van der Waals surface area contributed by atoms with Crippen molar-refractivity contribution in [2.24, 2.45) is 0 Å². The lowest BCUT2D eigenvalue weighted by molar-refractivity contribution is 0.221. The predicted octanol–water partition coefficient (Wildman–Crippen LogP) is 3.02. The molecule has 0 bridgehead atoms. The fourth-order valence-electron chi connectivity index (χ4n) is 2.33. The largest absolute Gasteiger partial charge is 0.384 e. The summed E-state index contributed by atoms with van der Waals surface area (Å²) in [6.45, 7) is 1.95. The lowest BCUT2D eigenvalue weighted by Gasteiger charge is -2.15. The Morgan fingerprint density at radius 2 is 1.74 bits per heavy atom. The molecule has 3 aromatic rings. The molecule has 3 nitrogen and oxygen atoms in total. The standard InChI is InChI=1S/C16H14N2O/c1-11-9-17-8-6-13(11)16(19)14-4-2-3-12-5-7-18-10-15(12)14/h2-10,16,19H,1H3. The van der Waals surface area contributed by atoms with Crippen molar-refractivity contribution in [1.82, 2.24) is 9.97 Å². The zero-order valence-corrected chi connectivity index (χ0v) is 10.6. The minimum absolute atomic E-state index is 0.657. The molecule has 3 heteroatoms. The van der Waals surface area contributed by atoms with Crippen LogP contribution < -0.4 is 0 Å². The van der Waals surface area contributed by atoms with Crippen molar-refractivity contribution in [3.63, 3.8) is 0 Å². The molecule has 1 unspecified atom stereocenters. The molecule has 0 amide bonds. The molecule has 19 heavy (non-hydrogen) atoms. The van der Waals surface area contributed by atoms with Crippen LogP contribution in [0, 0.1) is 6.92 Å². The van der Waals surface area contributed by atoms with Gasteiger partial charge in [-0.1, -0.05) is 18.2 Å². The Kier molecular flexibility index (Phi) is 2.97. The van der Waals surface area contributed by atoms with Gasteiger partial charge in [-0.3, -0.25) is 9.97 Å². The van der Waals surface area contributed by atoms with Crippen LogP contribution in [0.15, 0.2) is 55.1 Å². The maximum atomic E-state index is 10.6. The summed E-state index contributed by atoms with van der Waals surface area (Å²) in [7, 11) is 0. The van der Waals surface area contributed by atoms with E-state index in [0.717, 1.165) is 27.5 Å². The van der Waals surface area contributed by atoms with E-state index in [9.17, 15) is 5.11 Å². The minimum Gasteiger partial charge on any atom is -0.384 e. The maximum absolute atomic E-state index is 10.6. The number of benzene rings is 1. The molecular weight excluding hydrogens is 236 g/mol. The van der Waals surface area contributed by atoms with Gasteiger partial charge in [0.25, 0.3) is 0 Å². The first-order valence-electron chi connectivity index (χ1n) is 6.18. The van der Waals surface area contributed by atoms with Gasteiger partial charge in [-0.2, -0.15) is 0 Å². The smallest absolute Gasteiger partial charge is 0.105 e. The molecule has 1 aromatic carbocycles. The van der Waals surface area contributed by atoms with Crippen molar-refractivity contribution in [3.8, 4) is 0 Å². The normalized spacial score (nSPS) is 12.5. The highest BCUT2D eigenvalue weighted by Gasteiger charge is 2.15. The number of aliphatic hydroxyl groups excluding tert-OH is 1. The van der Waals surface area contributed by atoms with E-state index >= 15 is 0 Å². The molecule has 2 heterocycles. The van der Waals surface area contributed by atoms with Crippen LogP contribution in [0.3, 0.4) is 0 Å². The molecule has 0 aliphatic carbocycles. The van der Waals surface area contributed by atoms with E-state index < -0.39 is 6.10 Å². The molecular formula is C16H14N2O. The molecule has 0 aliphatic rings. The Balaban J connectivity index is 2.17. The van der Waals surface area contributed by atoms with Crippen LogP contribution in [0.25, 0.3) is 10.8 Å². The topological polar surface area (TPSA) is 46.0 Å². The van der Waals surface area contributed by atoms with Crippen LogP contribution in [-0.2, 0) is 0 Å². The van der Waals surface area contributed by atoms with Crippen LogP contribution in [0.2, 0.25) is 0 Å². The van der Waals surface area contributed by atoms with Gasteiger partial charge in [-0.25, -0.2) is 0 Å². The second kappa shape index (κ2) is 4.78. The van der Waals surface area contributed by atoms with Crippen LogP contribution in [-0.4, -0.2) is 15.1 Å². The zero-order chi connectivity index (χ0) is 13.2. The van der Waals surface area contributed by atoms with Crippen molar-refractivity contribution < 1.29 is 5.11 Å². The molecule has 0 spiro atoms. The molecule has 0 radical (unpaired) electrons. The van der Waals surface area contributed by atoms with Gasteiger partial charge in [-0.15, -0.1) is 0 Å². The zero-order valence-electron chi connectivity index (χ0n) is 10.6. The Morgan fingerprint density at radius 1 is 0.947 bits per heavy atom. The van der Waals surface area contributed by atoms with Gasteiger partial charge in [0, 0.05) is 30.2 Å². The number of pyridine rings is 2. The Morgan fingerprint density at radius 3 is 2.58 bits per heavy atom. The SMILES string of the molecule is Cc1cnccc1C(O)c1cccc2ccncc12. The van der Waals surface area contributed by atoms with E-state index in [1.54, 1.807) is 24.8 Å². The van der Waals surface area contributed by atoms with Gasteiger partial charge in [0.1, 0.15) is 6.10 Å². The molecule has 0 saturated heterocycles. The first kappa shape index (κ1) is 11.8. The average Bonchev–Trinajstić information content (AvgIpc) is 2.46. The van der Waals surface area contributed by atoms with Crippen LogP contribution in [0.4, 0.5) is 0 Å². The average molecular weight is 250 g/mol. The van der Waals surface area contributed by atoms with E-state index in [1.165, 1.54) is 0 Å². The van der Waals surface area contributed by atoms with Gasteiger partial charge in [0.15, 0.2) is 0 Å². The quantitative estimate of drug-likeness (QED) is 0.760. The first-order chi connectivity index (χ1) is 9.27. The number of rotatable bonds is 2. The van der Waals surface area contributed by atoms with Gasteiger partial charge < -0.3 is 5.11 Å². The summed E-state index contributed by atoms with van der Waals surface area (Å²) in [5.74, 6) is 0. The first-order valence-corrected chi connectivity index (χ1v) is 6.18. The lowest BCUT2D eigenvalue weighted by atomic mass is 9.95. The van der Waals surface area contributed by atoms with Crippen molar-refractivity contribution >= 4 is 10.8 Å². The summed E-state index contributed by atoms with van der Waals surface area (Å²) in [5.41, 5.74) is 2.74. The number of aryl methyl sites for hydroxylation is 1. The molecule has 0 aliphatic heterocycles. The van der Waals surface area contributed by atoms with Gasteiger partial charge in [-0.05, 0) is 41.1 Å². The van der Waals surface area contributed by atoms with Crippen molar-refractivity contribution in [2.45, 2.75) is 13.0 Å². The summed E-state index contributed by atoms with van der Waals surface area (Å²) in [4.78, 5) is 8.21. The van der Waals surface area contributed by atoms with E-state index in [4.69, 9.17) is 0 Å². The molecule has 1 N–H and O–H groups in total. The number of aromatic nitrogens is 2. The molecule has 94 valence electrons. The summed E-state index contributed by atoms with van der Waals surface area (Å²) < 4.78 is 0. The Bertz CT molecular complexity index is 719. The monoisotopic (exact) mass is 250 g/mol. The highest BCUT2D eigenvalue weighted by atomic mass is 16.3. The third kappa shape index (κ3) is 2.09. The van der Waals surface area contributed by atoms with E-state index in [-0.39, 0.29) is 0 Å². The van der Waals surface area contributed by atoms with E-state index in [2.05, 4.69) is 9.97 Å². The molecule has 0 fully saturated rings. The van der Waals surface area contributed by atoms with Gasteiger partial charge >= 0.3 is 0 Å². The Hall–Kier alpha value is -2.26. The number of nitrogens with zero attached hydrogens (tertiary/aromatic N) is 2. The molecule has 1 atom stereocenters. The van der Waals surface area contributed by atoms with Crippen molar-refractivity contribution in [3.05, 3.63) is 71.8 Å². The van der Waals surface area contributed by atoms with Crippen LogP contribution in [0.1, 0.15) is 22.8 Å². The number of fused-ring (bicyclic) bond motifs is 1. The van der Waals surface area contributed by atoms with Crippen molar-refractivity contribution in [1.29, 1.82) is 0 Å². The number of hydrogen-bond acceptors (Lipinski definition) is 3. The molecule has 0 saturated carbocycles. The summed E-state index contributed by atoms with van der Waals surface area (Å²) >= 11 is 0. The fourth-order valence-corrected chi connectivity index (χ4v) is 2.33. The van der Waals surface area contributed by atoms with E-state index in [1.807, 2.05) is 37.3 Å². The summed E-state index contributed by atoms with van der Waals surface area (Å²) in [6, 6.07) is 9.72. The maximum Gasteiger partial charge on any atom is 0.105 e. The molecule has 3 rings (SSSR count). The third-order valence-electron chi connectivity index (χ3n) is 3.37. The second-order valence-electron chi connectivity index (χ2n) is 4.58. The van der Waals surface area contributed by atoms with E-state index in [0.29, 0.717) is 0 Å². The van der Waals surface area contributed by atoms with Crippen molar-refractivity contribution in [2.75, 3.05) is 0 Å². The lowest BCUT2D eigenvalue weighted by Crippen LogP contribution is -2.03. The molecule has 2 aromatic heterocycles. The van der Waals surface area contributed by atoms with Crippen LogP contribution >= 0.6 is 0 Å². The van der Waals surface area contributed by atoms with Gasteiger partial charge in [0.05, 0.1) is 0 Å². The minimum atomic E-state index is -0.657. The number of aliphatic hydroxyl groups is 1. The number of hydrogen-bond donors (Lipinski definition) is 1. The fraction of sp³-hybridized carbons (Fsp3) is 0.125. The van der Waals surface area contributed by atoms with Crippen LogP contribution in [0.5, 0.6) is 0 Å².